The standard InChI is InChI=1S/C37H62N6O6/c1-32(2,3)26(19-39-30(48)34(7,8)38)41-31(49)42-27(33(4,5)6)29(47)43-21-37(35(9,10)36(37)15-12-16-36)18-24(43)28(46)40-23(25(45)20-44)17-22-13-11-14-22/h20,22-24,26-27H,11-19,21,38H2,1-10H3,(H,39,48)(H,40,46)(H2,41,42,49)/t23?,24-,26+,27+,37?/m0/s1. The second kappa shape index (κ2) is 13.3. The summed E-state index contributed by atoms with van der Waals surface area (Å²) in [6.07, 6.45) is 7.33. The maximum absolute atomic E-state index is 14.7. The van der Waals surface area contributed by atoms with Crippen LogP contribution in [-0.2, 0) is 24.0 Å². The summed E-state index contributed by atoms with van der Waals surface area (Å²) < 4.78 is 0. The predicted octanol–water partition coefficient (Wildman–Crippen LogP) is 3.21. The Kier molecular flexibility index (Phi) is 10.5. The third-order valence-corrected chi connectivity index (χ3v) is 12.8. The number of hydrogen-bond donors (Lipinski definition) is 5. The number of fused-ring (bicyclic) bond motifs is 1. The monoisotopic (exact) mass is 686 g/mol. The van der Waals surface area contributed by atoms with Crippen molar-refractivity contribution in [3.63, 3.8) is 0 Å². The van der Waals surface area contributed by atoms with Gasteiger partial charge in [-0.3, -0.25) is 24.0 Å². The highest BCUT2D eigenvalue weighted by atomic mass is 16.2. The second-order valence-corrected chi connectivity index (χ2v) is 18.7. The van der Waals surface area contributed by atoms with Crippen LogP contribution in [0.25, 0.3) is 0 Å². The van der Waals surface area contributed by atoms with Gasteiger partial charge in [-0.05, 0) is 67.1 Å². The van der Waals surface area contributed by atoms with Gasteiger partial charge in [-0.2, -0.15) is 0 Å². The summed E-state index contributed by atoms with van der Waals surface area (Å²) >= 11 is 0. The largest absolute Gasteiger partial charge is 0.352 e. The van der Waals surface area contributed by atoms with Crippen LogP contribution in [0.15, 0.2) is 0 Å². The number of carbonyl (C=O) groups is 6. The number of urea groups is 1. The molecule has 2 unspecified atom stereocenters. The van der Waals surface area contributed by atoms with Gasteiger partial charge in [0.05, 0.1) is 17.6 Å². The van der Waals surface area contributed by atoms with Crippen molar-refractivity contribution >= 4 is 35.8 Å². The van der Waals surface area contributed by atoms with Gasteiger partial charge in [0, 0.05) is 18.5 Å². The second-order valence-electron chi connectivity index (χ2n) is 18.7. The van der Waals surface area contributed by atoms with Crippen molar-refractivity contribution in [1.29, 1.82) is 0 Å². The van der Waals surface area contributed by atoms with Crippen molar-refractivity contribution in [2.45, 2.75) is 150 Å². The fourth-order valence-electron chi connectivity index (χ4n) is 8.86. The van der Waals surface area contributed by atoms with Crippen LogP contribution in [0.2, 0.25) is 0 Å². The normalized spacial score (nSPS) is 26.1. The van der Waals surface area contributed by atoms with Crippen molar-refractivity contribution < 1.29 is 28.8 Å². The average molecular weight is 687 g/mol. The molecule has 4 aliphatic rings. The lowest BCUT2D eigenvalue weighted by Crippen LogP contribution is -2.62. The molecule has 3 saturated carbocycles. The fourth-order valence-corrected chi connectivity index (χ4v) is 8.86. The van der Waals surface area contributed by atoms with E-state index in [-0.39, 0.29) is 46.8 Å². The summed E-state index contributed by atoms with van der Waals surface area (Å²) in [4.78, 5) is 80.9. The molecule has 0 aromatic heterocycles. The third kappa shape index (κ3) is 7.26. The van der Waals surface area contributed by atoms with Gasteiger partial charge in [-0.15, -0.1) is 0 Å². The van der Waals surface area contributed by atoms with E-state index in [4.69, 9.17) is 5.73 Å². The Balaban J connectivity index is 1.58. The molecular formula is C37H62N6O6. The van der Waals surface area contributed by atoms with Crippen molar-refractivity contribution in [2.24, 2.45) is 38.7 Å². The number of likely N-dealkylation sites (tertiary alicyclic amines) is 1. The van der Waals surface area contributed by atoms with Gasteiger partial charge in [-0.25, -0.2) is 4.79 Å². The highest BCUT2D eigenvalue weighted by Crippen LogP contribution is 2.88. The summed E-state index contributed by atoms with van der Waals surface area (Å²) in [5, 5.41) is 11.6. The van der Waals surface area contributed by atoms with Crippen LogP contribution >= 0.6 is 0 Å². The van der Waals surface area contributed by atoms with Gasteiger partial charge >= 0.3 is 6.03 Å². The van der Waals surface area contributed by atoms with E-state index in [1.807, 2.05) is 41.5 Å². The first-order chi connectivity index (χ1) is 22.4. The summed E-state index contributed by atoms with van der Waals surface area (Å²) in [5.41, 5.74) is 3.39. The fraction of sp³-hybridized carbons (Fsp3) is 0.838. The SMILES string of the molecule is CC(C)(N)C(=O)NC[C@@H](NC(=O)N[C@H](C(=O)N1CC2(C[C@H]1C(=O)NC(CC1CCC1)C(=O)C=O)C(C)(C)C21CCC1)C(C)(C)C)C(C)(C)C. The van der Waals surface area contributed by atoms with Crippen molar-refractivity contribution in [1.82, 2.24) is 26.2 Å². The van der Waals surface area contributed by atoms with Gasteiger partial charge in [0.15, 0.2) is 6.29 Å². The number of rotatable bonds is 12. The number of carbonyl (C=O) groups excluding carboxylic acids is 6. The lowest BCUT2D eigenvalue weighted by atomic mass is 9.73. The summed E-state index contributed by atoms with van der Waals surface area (Å²) in [7, 11) is 0. The molecule has 0 aromatic carbocycles. The first-order valence-corrected chi connectivity index (χ1v) is 18.2. The minimum Gasteiger partial charge on any atom is -0.352 e. The molecule has 1 aliphatic heterocycles. The number of hydrogen-bond acceptors (Lipinski definition) is 7. The molecule has 1 saturated heterocycles. The molecule has 5 amide bonds. The average Bonchev–Trinajstić information content (AvgIpc) is 3.15. The number of aldehydes is 1. The zero-order valence-corrected chi connectivity index (χ0v) is 31.5. The Labute approximate surface area is 292 Å². The Morgan fingerprint density at radius 3 is 1.92 bits per heavy atom. The predicted molar refractivity (Wildman–Crippen MR) is 187 cm³/mol. The maximum atomic E-state index is 14.7. The minimum atomic E-state index is -1.09. The van der Waals surface area contributed by atoms with Crippen molar-refractivity contribution in [2.75, 3.05) is 13.1 Å². The number of nitrogens with zero attached hydrogens (tertiary/aromatic N) is 1. The van der Waals surface area contributed by atoms with Gasteiger partial charge in [-0.1, -0.05) is 81.1 Å². The number of amides is 5. The Morgan fingerprint density at radius 2 is 1.49 bits per heavy atom. The Bertz CT molecular complexity index is 1330. The molecule has 12 nitrogen and oxygen atoms in total. The minimum absolute atomic E-state index is 0.0436. The number of nitrogens with one attached hydrogen (secondary N) is 4. The van der Waals surface area contributed by atoms with Crippen LogP contribution in [-0.4, -0.2) is 83.5 Å². The van der Waals surface area contributed by atoms with Crippen LogP contribution in [0.4, 0.5) is 4.79 Å². The van der Waals surface area contributed by atoms with Gasteiger partial charge in [0.1, 0.15) is 12.1 Å². The number of Topliss-reactive ketones (excluding diaryl/α,β-unsaturated/α-hetero) is 1. The molecular weight excluding hydrogens is 624 g/mol. The van der Waals surface area contributed by atoms with Crippen LogP contribution in [0.5, 0.6) is 0 Å². The topological polar surface area (TPSA) is 180 Å². The zero-order valence-electron chi connectivity index (χ0n) is 31.5. The molecule has 2 spiro atoms. The van der Waals surface area contributed by atoms with Crippen molar-refractivity contribution in [3.05, 3.63) is 0 Å². The van der Waals surface area contributed by atoms with E-state index in [9.17, 15) is 28.8 Å². The van der Waals surface area contributed by atoms with E-state index in [2.05, 4.69) is 35.1 Å². The van der Waals surface area contributed by atoms with E-state index in [1.165, 1.54) is 0 Å². The van der Waals surface area contributed by atoms with Gasteiger partial charge < -0.3 is 31.9 Å². The highest BCUT2D eigenvalue weighted by molar-refractivity contribution is 6.28. The molecule has 6 N–H and O–H groups in total. The summed E-state index contributed by atoms with van der Waals surface area (Å²) in [6.45, 7) is 19.6. The quantitative estimate of drug-likeness (QED) is 0.154. The lowest BCUT2D eigenvalue weighted by Gasteiger charge is -2.37. The van der Waals surface area contributed by atoms with E-state index < -0.39 is 58.3 Å². The number of ketones is 1. The van der Waals surface area contributed by atoms with E-state index in [1.54, 1.807) is 18.7 Å². The molecule has 3 aliphatic carbocycles. The lowest BCUT2D eigenvalue weighted by molar-refractivity contribution is -0.143. The van der Waals surface area contributed by atoms with Crippen LogP contribution in [0.1, 0.15) is 121 Å². The molecule has 276 valence electrons. The molecule has 4 rings (SSSR count). The molecule has 5 atom stereocenters. The summed E-state index contributed by atoms with van der Waals surface area (Å²) in [5.74, 6) is -1.51. The van der Waals surface area contributed by atoms with E-state index in [0.717, 1.165) is 38.5 Å². The first kappa shape index (κ1) is 38.8. The van der Waals surface area contributed by atoms with Crippen LogP contribution in [0.3, 0.4) is 0 Å². The third-order valence-electron chi connectivity index (χ3n) is 12.8. The zero-order chi connectivity index (χ0) is 37.0. The smallest absolute Gasteiger partial charge is 0.315 e. The molecule has 4 fully saturated rings. The van der Waals surface area contributed by atoms with E-state index in [0.29, 0.717) is 19.4 Å². The molecule has 0 aromatic rings. The molecule has 0 bridgehead atoms. The molecule has 0 radical (unpaired) electrons. The first-order valence-electron chi connectivity index (χ1n) is 18.2. The Hall–Kier alpha value is -3.02. The molecule has 1 heterocycles. The maximum Gasteiger partial charge on any atom is 0.315 e. The van der Waals surface area contributed by atoms with Crippen LogP contribution in [0, 0.1) is 33.0 Å². The summed E-state index contributed by atoms with van der Waals surface area (Å²) in [6, 6.07) is -3.81. The highest BCUT2D eigenvalue weighted by Gasteiger charge is 2.85. The number of nitrogens with two attached hydrogens (primary N) is 1. The molecule has 12 heteroatoms. The van der Waals surface area contributed by atoms with Crippen molar-refractivity contribution in [3.8, 4) is 0 Å². The Morgan fingerprint density at radius 1 is 0.878 bits per heavy atom. The van der Waals surface area contributed by atoms with Gasteiger partial charge in [0.25, 0.3) is 0 Å². The van der Waals surface area contributed by atoms with E-state index >= 15 is 0 Å². The van der Waals surface area contributed by atoms with Gasteiger partial charge in [0.2, 0.25) is 23.5 Å². The van der Waals surface area contributed by atoms with Crippen LogP contribution < -0.4 is 27.0 Å². The molecule has 49 heavy (non-hydrogen) atoms.